The van der Waals surface area contributed by atoms with Crippen molar-refractivity contribution < 1.29 is 9.53 Å². The Kier molecular flexibility index (Phi) is 5.39. The minimum atomic E-state index is -0.00597. The van der Waals surface area contributed by atoms with E-state index in [-0.39, 0.29) is 12.0 Å². The lowest BCUT2D eigenvalue weighted by Crippen LogP contribution is -2.41. The molecule has 0 bridgehead atoms. The van der Waals surface area contributed by atoms with Gasteiger partial charge in [0.1, 0.15) is 0 Å². The van der Waals surface area contributed by atoms with E-state index in [1.807, 2.05) is 45.1 Å². The van der Waals surface area contributed by atoms with Gasteiger partial charge in [0.2, 0.25) is 0 Å². The van der Waals surface area contributed by atoms with E-state index in [2.05, 4.69) is 16.1 Å². The summed E-state index contributed by atoms with van der Waals surface area (Å²) in [5.41, 5.74) is 2.66. The molecule has 0 unspecified atom stereocenters. The number of aromatic nitrogens is 2. The highest BCUT2D eigenvalue weighted by Gasteiger charge is 2.26. The normalized spacial score (nSPS) is 17.6. The zero-order chi connectivity index (χ0) is 18.0. The van der Waals surface area contributed by atoms with Gasteiger partial charge in [-0.05, 0) is 46.0 Å². The van der Waals surface area contributed by atoms with Crippen LogP contribution in [0.15, 0.2) is 18.2 Å². The van der Waals surface area contributed by atoms with Crippen LogP contribution in [0.2, 0.25) is 0 Å². The Morgan fingerprint density at radius 2 is 2.16 bits per heavy atom. The van der Waals surface area contributed by atoms with E-state index >= 15 is 0 Å². The van der Waals surface area contributed by atoms with Crippen LogP contribution in [0.25, 0.3) is 10.9 Å². The first kappa shape index (κ1) is 17.9. The van der Waals surface area contributed by atoms with E-state index in [1.54, 1.807) is 4.68 Å². The average Bonchev–Trinajstić information content (AvgIpc) is 3.18. The quantitative estimate of drug-likeness (QED) is 0.805. The number of fused-ring (bicyclic) bond motifs is 1. The number of hydrogen-bond donors (Lipinski definition) is 0. The van der Waals surface area contributed by atoms with E-state index in [0.29, 0.717) is 18.8 Å². The average molecular weight is 344 g/mol. The van der Waals surface area contributed by atoms with Crippen LogP contribution in [0.4, 0.5) is 0 Å². The van der Waals surface area contributed by atoms with Gasteiger partial charge < -0.3 is 14.5 Å². The van der Waals surface area contributed by atoms with E-state index in [9.17, 15) is 4.79 Å². The molecule has 25 heavy (non-hydrogen) atoms. The molecule has 0 saturated carbocycles. The molecule has 2 heterocycles. The second-order valence-electron chi connectivity index (χ2n) is 7.18. The highest BCUT2D eigenvalue weighted by molar-refractivity contribution is 6.05. The number of benzene rings is 1. The smallest absolute Gasteiger partial charge is 0.275 e. The largest absolute Gasteiger partial charge is 0.376 e. The van der Waals surface area contributed by atoms with Crippen molar-refractivity contribution in [3.8, 4) is 0 Å². The van der Waals surface area contributed by atoms with Crippen molar-refractivity contribution >= 4 is 16.8 Å². The van der Waals surface area contributed by atoms with Gasteiger partial charge in [-0.2, -0.15) is 5.10 Å². The van der Waals surface area contributed by atoms with Gasteiger partial charge in [-0.1, -0.05) is 11.6 Å². The molecule has 0 N–H and O–H groups in total. The lowest BCUT2D eigenvalue weighted by atomic mass is 10.1. The number of likely N-dealkylation sites (N-methyl/N-ethyl adjacent to an activating group) is 1. The summed E-state index contributed by atoms with van der Waals surface area (Å²) in [5.74, 6) is -0.00597. The number of rotatable bonds is 6. The summed E-state index contributed by atoms with van der Waals surface area (Å²) in [6.45, 7) is 4.97. The van der Waals surface area contributed by atoms with Crippen molar-refractivity contribution in [3.05, 3.63) is 29.5 Å². The summed E-state index contributed by atoms with van der Waals surface area (Å²) in [4.78, 5) is 17.3. The van der Waals surface area contributed by atoms with Crippen LogP contribution in [0.1, 0.15) is 28.9 Å². The maximum atomic E-state index is 13.3. The van der Waals surface area contributed by atoms with Crippen molar-refractivity contribution in [3.63, 3.8) is 0 Å². The summed E-state index contributed by atoms with van der Waals surface area (Å²) < 4.78 is 7.54. The van der Waals surface area contributed by atoms with Gasteiger partial charge in [-0.25, -0.2) is 0 Å². The lowest BCUT2D eigenvalue weighted by molar-refractivity contribution is 0.0508. The number of hydrogen-bond acceptors (Lipinski definition) is 4. The minimum Gasteiger partial charge on any atom is -0.376 e. The molecule has 3 rings (SSSR count). The fraction of sp³-hybridized carbons (Fsp3) is 0.579. The van der Waals surface area contributed by atoms with E-state index < -0.39 is 0 Å². The fourth-order valence-electron chi connectivity index (χ4n) is 3.32. The molecule has 1 saturated heterocycles. The first-order valence-corrected chi connectivity index (χ1v) is 8.94. The Morgan fingerprint density at radius 3 is 2.84 bits per heavy atom. The topological polar surface area (TPSA) is 50.6 Å². The molecule has 1 aliphatic rings. The Hall–Kier alpha value is -1.92. The maximum Gasteiger partial charge on any atom is 0.275 e. The maximum absolute atomic E-state index is 13.3. The van der Waals surface area contributed by atoms with Crippen molar-refractivity contribution in [1.29, 1.82) is 0 Å². The number of amides is 1. The molecular weight excluding hydrogens is 316 g/mol. The Labute approximate surface area is 149 Å². The summed E-state index contributed by atoms with van der Waals surface area (Å²) >= 11 is 0. The highest BCUT2D eigenvalue weighted by Crippen LogP contribution is 2.22. The van der Waals surface area contributed by atoms with E-state index in [4.69, 9.17) is 4.74 Å². The summed E-state index contributed by atoms with van der Waals surface area (Å²) in [6.07, 6.45) is 2.24. The van der Waals surface area contributed by atoms with Gasteiger partial charge in [-0.3, -0.25) is 9.48 Å². The molecule has 6 heteroatoms. The fourth-order valence-corrected chi connectivity index (χ4v) is 3.32. The number of aryl methyl sites for hydroxylation is 2. The third-order valence-electron chi connectivity index (χ3n) is 4.76. The number of carbonyl (C=O) groups is 1. The molecule has 0 radical (unpaired) electrons. The third-order valence-corrected chi connectivity index (χ3v) is 4.76. The molecule has 6 nitrogen and oxygen atoms in total. The van der Waals surface area contributed by atoms with Gasteiger partial charge in [0, 0.05) is 38.7 Å². The zero-order valence-electron chi connectivity index (χ0n) is 15.7. The molecule has 136 valence electrons. The summed E-state index contributed by atoms with van der Waals surface area (Å²) in [7, 11) is 5.93. The molecule has 1 fully saturated rings. The first-order chi connectivity index (χ1) is 12.0. The standard InChI is InChI=1S/C19H28N4O2/c1-14-7-8-17-16(12-14)18(20-22(17)4)19(24)23(10-9-21(2)3)13-15-6-5-11-25-15/h7-8,12,15H,5-6,9-11,13H2,1-4H3/t15-/m1/s1. The van der Waals surface area contributed by atoms with Gasteiger partial charge in [0.05, 0.1) is 11.6 Å². The van der Waals surface area contributed by atoms with Crippen LogP contribution in [-0.4, -0.2) is 71.9 Å². The van der Waals surface area contributed by atoms with Crippen LogP contribution in [0, 0.1) is 6.92 Å². The Bertz CT molecular complexity index is 747. The van der Waals surface area contributed by atoms with Crippen LogP contribution < -0.4 is 0 Å². The van der Waals surface area contributed by atoms with Crippen LogP contribution >= 0.6 is 0 Å². The molecule has 1 aliphatic heterocycles. The zero-order valence-corrected chi connectivity index (χ0v) is 15.7. The number of nitrogens with zero attached hydrogens (tertiary/aromatic N) is 4. The lowest BCUT2D eigenvalue weighted by Gasteiger charge is -2.26. The third kappa shape index (κ3) is 4.02. The predicted molar refractivity (Wildman–Crippen MR) is 98.9 cm³/mol. The first-order valence-electron chi connectivity index (χ1n) is 8.94. The minimum absolute atomic E-state index is 0.00597. The van der Waals surface area contributed by atoms with Crippen molar-refractivity contribution in [2.24, 2.45) is 7.05 Å². The molecular formula is C19H28N4O2. The van der Waals surface area contributed by atoms with E-state index in [0.717, 1.165) is 42.5 Å². The van der Waals surface area contributed by atoms with Gasteiger partial charge in [0.15, 0.2) is 5.69 Å². The Balaban J connectivity index is 1.89. The predicted octanol–water partition coefficient (Wildman–Crippen LogP) is 2.06. The number of ether oxygens (including phenoxy) is 1. The highest BCUT2D eigenvalue weighted by atomic mass is 16.5. The van der Waals surface area contributed by atoms with Gasteiger partial charge >= 0.3 is 0 Å². The summed E-state index contributed by atoms with van der Waals surface area (Å²) in [6, 6.07) is 6.12. The second kappa shape index (κ2) is 7.54. The Morgan fingerprint density at radius 1 is 1.36 bits per heavy atom. The molecule has 1 atom stereocenters. The number of carbonyl (C=O) groups excluding carboxylic acids is 1. The monoisotopic (exact) mass is 344 g/mol. The molecule has 0 spiro atoms. The SMILES string of the molecule is Cc1ccc2c(c1)c(C(=O)N(CCN(C)C)C[C@H]1CCCO1)nn2C. The van der Waals surface area contributed by atoms with E-state index in [1.165, 1.54) is 0 Å². The molecule has 2 aromatic rings. The second-order valence-corrected chi connectivity index (χ2v) is 7.18. The van der Waals surface area contributed by atoms with Crippen molar-refractivity contribution in [2.75, 3.05) is 40.3 Å². The molecule has 1 aromatic carbocycles. The summed E-state index contributed by atoms with van der Waals surface area (Å²) in [5, 5.41) is 5.45. The van der Waals surface area contributed by atoms with Gasteiger partial charge in [-0.15, -0.1) is 0 Å². The van der Waals surface area contributed by atoms with Crippen LogP contribution in [-0.2, 0) is 11.8 Å². The molecule has 1 amide bonds. The molecule has 1 aromatic heterocycles. The van der Waals surface area contributed by atoms with Crippen molar-refractivity contribution in [2.45, 2.75) is 25.9 Å². The van der Waals surface area contributed by atoms with Crippen LogP contribution in [0.5, 0.6) is 0 Å². The molecule has 0 aliphatic carbocycles. The van der Waals surface area contributed by atoms with Gasteiger partial charge in [0.25, 0.3) is 5.91 Å². The van der Waals surface area contributed by atoms with Crippen molar-refractivity contribution in [1.82, 2.24) is 19.6 Å². The van der Waals surface area contributed by atoms with Crippen LogP contribution in [0.3, 0.4) is 0 Å².